The zero-order valence-corrected chi connectivity index (χ0v) is 6.27. The maximum absolute atomic E-state index is 11.7. The van der Waals surface area contributed by atoms with Crippen molar-refractivity contribution in [1.29, 1.82) is 0 Å². The molecule has 11 heavy (non-hydrogen) atoms. The molecule has 66 valence electrons. The Morgan fingerprint density at radius 2 is 1.82 bits per heavy atom. The van der Waals surface area contributed by atoms with Gasteiger partial charge in [0.05, 0.1) is 0 Å². The molecule has 0 aromatic carbocycles. The fourth-order valence-corrected chi connectivity index (χ4v) is 0.917. The van der Waals surface area contributed by atoms with Gasteiger partial charge in [-0.2, -0.15) is 22.0 Å². The molecule has 0 amide bonds. The molecule has 0 aliphatic carbocycles. The van der Waals surface area contributed by atoms with E-state index in [0.717, 1.165) is 6.26 Å². The van der Waals surface area contributed by atoms with Crippen LogP contribution in [0.25, 0.3) is 0 Å². The summed E-state index contributed by atoms with van der Waals surface area (Å²) in [5, 5.41) is -2.10. The minimum atomic E-state index is -4.59. The fraction of sp³-hybridized carbons (Fsp3) is 0.600. The van der Waals surface area contributed by atoms with Gasteiger partial charge in [0.2, 0.25) is 0 Å². The smallest absolute Gasteiger partial charge is 0.174 e. The van der Waals surface area contributed by atoms with Crippen LogP contribution in [0, 0.1) is 0 Å². The molecular formula is C5H5F5S. The summed E-state index contributed by atoms with van der Waals surface area (Å²) in [6.07, 6.45) is -5.88. The van der Waals surface area contributed by atoms with Gasteiger partial charge in [0.1, 0.15) is 5.25 Å². The van der Waals surface area contributed by atoms with Crippen LogP contribution in [-0.2, 0) is 0 Å². The number of halogens is 5. The van der Waals surface area contributed by atoms with Crippen LogP contribution in [0.15, 0.2) is 12.2 Å². The highest BCUT2D eigenvalue weighted by Crippen LogP contribution is 2.30. The molecule has 0 aromatic rings. The van der Waals surface area contributed by atoms with E-state index >= 15 is 0 Å². The van der Waals surface area contributed by atoms with E-state index in [4.69, 9.17) is 0 Å². The number of rotatable bonds is 2. The van der Waals surface area contributed by atoms with Gasteiger partial charge >= 0.3 is 6.18 Å². The lowest BCUT2D eigenvalue weighted by molar-refractivity contribution is -0.120. The van der Waals surface area contributed by atoms with E-state index in [1.165, 1.54) is 0 Å². The predicted molar refractivity (Wildman–Crippen MR) is 33.7 cm³/mol. The molecule has 6 heteroatoms. The van der Waals surface area contributed by atoms with Crippen LogP contribution in [-0.4, -0.2) is 17.7 Å². The van der Waals surface area contributed by atoms with Crippen molar-refractivity contribution in [1.82, 2.24) is 0 Å². The number of hydrogen-bond donors (Lipinski definition) is 0. The summed E-state index contributed by atoms with van der Waals surface area (Å²) in [5.74, 6) is 0. The van der Waals surface area contributed by atoms with Crippen LogP contribution in [0.1, 0.15) is 0 Å². The Morgan fingerprint density at radius 1 is 1.36 bits per heavy atom. The summed E-state index contributed by atoms with van der Waals surface area (Å²) in [6, 6.07) is 0. The minimum absolute atomic E-state index is 0.106. The van der Waals surface area contributed by atoms with Gasteiger partial charge in [-0.1, -0.05) is 0 Å². The zero-order chi connectivity index (χ0) is 9.07. The lowest BCUT2D eigenvalue weighted by Gasteiger charge is -2.12. The largest absolute Gasteiger partial charge is 0.404 e. The van der Waals surface area contributed by atoms with E-state index in [1.807, 2.05) is 0 Å². The first-order valence-corrected chi connectivity index (χ1v) is 3.79. The minimum Gasteiger partial charge on any atom is -0.174 e. The van der Waals surface area contributed by atoms with Crippen molar-refractivity contribution in [3.63, 3.8) is 0 Å². The second kappa shape index (κ2) is 3.94. The highest BCUT2D eigenvalue weighted by Gasteiger charge is 2.38. The Kier molecular flexibility index (Phi) is 3.85. The second-order valence-electron chi connectivity index (χ2n) is 1.65. The van der Waals surface area contributed by atoms with Crippen LogP contribution in [0.4, 0.5) is 22.0 Å². The second-order valence-corrected chi connectivity index (χ2v) is 2.63. The molecule has 1 unspecified atom stereocenters. The van der Waals surface area contributed by atoms with Gasteiger partial charge in [-0.15, -0.1) is 11.8 Å². The van der Waals surface area contributed by atoms with Gasteiger partial charge in [0.15, 0.2) is 0 Å². The van der Waals surface area contributed by atoms with Gasteiger partial charge in [0.25, 0.3) is 6.08 Å². The quantitative estimate of drug-likeness (QED) is 0.606. The molecule has 0 aliphatic rings. The molecule has 0 heterocycles. The summed E-state index contributed by atoms with van der Waals surface area (Å²) in [5.41, 5.74) is 0. The lowest BCUT2D eigenvalue weighted by atomic mass is 10.4. The van der Waals surface area contributed by atoms with Crippen molar-refractivity contribution in [3.8, 4) is 0 Å². The van der Waals surface area contributed by atoms with Crippen LogP contribution < -0.4 is 0 Å². The third-order valence-corrected chi connectivity index (χ3v) is 1.77. The van der Waals surface area contributed by atoms with E-state index in [2.05, 4.69) is 0 Å². The maximum Gasteiger partial charge on any atom is 0.404 e. The highest BCUT2D eigenvalue weighted by atomic mass is 32.2. The average molecular weight is 192 g/mol. The van der Waals surface area contributed by atoms with Crippen LogP contribution in [0.2, 0.25) is 0 Å². The molecule has 0 spiro atoms. The van der Waals surface area contributed by atoms with Crippen molar-refractivity contribution >= 4 is 11.8 Å². The maximum atomic E-state index is 11.7. The summed E-state index contributed by atoms with van der Waals surface area (Å²) in [6.45, 7) is 0. The Hall–Kier alpha value is -0.260. The van der Waals surface area contributed by atoms with E-state index in [-0.39, 0.29) is 6.08 Å². The molecule has 0 bridgehead atoms. The highest BCUT2D eigenvalue weighted by molar-refractivity contribution is 7.99. The van der Waals surface area contributed by atoms with Crippen molar-refractivity contribution in [2.45, 2.75) is 11.4 Å². The van der Waals surface area contributed by atoms with Crippen LogP contribution >= 0.6 is 11.8 Å². The standard InChI is InChI=1S/C5H5F5S/c1-11-3(2-4(6)7)5(8,9)10/h2-3H,1H3. The van der Waals surface area contributed by atoms with Crippen molar-refractivity contribution in [2.75, 3.05) is 6.26 Å². The molecule has 0 radical (unpaired) electrons. The topological polar surface area (TPSA) is 0 Å². The Balaban J connectivity index is 4.31. The van der Waals surface area contributed by atoms with Crippen LogP contribution in [0.3, 0.4) is 0 Å². The fourth-order valence-electron chi connectivity index (χ4n) is 0.411. The molecule has 0 saturated heterocycles. The number of alkyl halides is 3. The molecule has 0 aromatic heterocycles. The van der Waals surface area contributed by atoms with Crippen LogP contribution in [0.5, 0.6) is 0 Å². The molecule has 0 saturated carbocycles. The Morgan fingerprint density at radius 3 is 1.91 bits per heavy atom. The lowest BCUT2D eigenvalue weighted by Crippen LogP contribution is -2.23. The van der Waals surface area contributed by atoms with E-state index < -0.39 is 17.5 Å². The average Bonchev–Trinajstić information content (AvgIpc) is 1.79. The molecular weight excluding hydrogens is 187 g/mol. The molecule has 0 aliphatic heterocycles. The molecule has 0 fully saturated rings. The first kappa shape index (κ1) is 10.7. The third kappa shape index (κ3) is 4.23. The van der Waals surface area contributed by atoms with E-state index in [0.29, 0.717) is 11.8 Å². The summed E-state index contributed by atoms with van der Waals surface area (Å²) in [4.78, 5) is 0. The first-order chi connectivity index (χ1) is 4.88. The Bertz CT molecular complexity index is 145. The van der Waals surface area contributed by atoms with Gasteiger partial charge in [-0.3, -0.25) is 0 Å². The van der Waals surface area contributed by atoms with Gasteiger partial charge in [-0.25, -0.2) is 0 Å². The molecule has 0 nitrogen and oxygen atoms in total. The monoisotopic (exact) mass is 192 g/mol. The van der Waals surface area contributed by atoms with E-state index in [1.54, 1.807) is 0 Å². The molecule has 1 atom stereocenters. The van der Waals surface area contributed by atoms with Crippen molar-refractivity contribution in [3.05, 3.63) is 12.2 Å². The summed E-state index contributed by atoms with van der Waals surface area (Å²) >= 11 is 0.324. The number of thioether (sulfide) groups is 1. The summed E-state index contributed by atoms with van der Waals surface area (Å²) in [7, 11) is 0. The van der Waals surface area contributed by atoms with Crippen molar-refractivity contribution in [2.24, 2.45) is 0 Å². The third-order valence-electron chi connectivity index (χ3n) is 0.854. The Labute approximate surface area is 64.5 Å². The predicted octanol–water partition coefficient (Wildman–Crippen LogP) is 3.06. The normalized spacial score (nSPS) is 14.4. The molecule has 0 rings (SSSR count). The zero-order valence-electron chi connectivity index (χ0n) is 5.45. The molecule has 0 N–H and O–H groups in total. The van der Waals surface area contributed by atoms with E-state index in [9.17, 15) is 22.0 Å². The van der Waals surface area contributed by atoms with Gasteiger partial charge in [-0.05, 0) is 6.26 Å². The SMILES string of the molecule is CSC(C=C(F)F)C(F)(F)F. The van der Waals surface area contributed by atoms with Gasteiger partial charge < -0.3 is 0 Å². The first-order valence-electron chi connectivity index (χ1n) is 2.50. The van der Waals surface area contributed by atoms with Gasteiger partial charge in [0, 0.05) is 6.08 Å². The number of hydrogen-bond acceptors (Lipinski definition) is 1. The van der Waals surface area contributed by atoms with Crippen molar-refractivity contribution < 1.29 is 22.0 Å². The summed E-state index contributed by atoms with van der Waals surface area (Å²) < 4.78 is 57.7.